The summed E-state index contributed by atoms with van der Waals surface area (Å²) in [6, 6.07) is 4.75. The summed E-state index contributed by atoms with van der Waals surface area (Å²) in [6.45, 7) is 6.37. The SMILES string of the molecule is CCN(C(=O)C(C)CNC)C(C)c1cccc(C(F)(F)F)c1. The zero-order valence-electron chi connectivity index (χ0n) is 13.4. The molecule has 0 spiro atoms. The summed E-state index contributed by atoms with van der Waals surface area (Å²) < 4.78 is 38.4. The van der Waals surface area contributed by atoms with Gasteiger partial charge in [0.05, 0.1) is 11.6 Å². The van der Waals surface area contributed by atoms with Crippen LogP contribution in [0.2, 0.25) is 0 Å². The topological polar surface area (TPSA) is 32.3 Å². The van der Waals surface area contributed by atoms with Crippen molar-refractivity contribution >= 4 is 5.91 Å². The Hall–Kier alpha value is -1.56. The van der Waals surface area contributed by atoms with Crippen molar-refractivity contribution in [1.29, 1.82) is 0 Å². The maximum Gasteiger partial charge on any atom is 0.416 e. The zero-order chi connectivity index (χ0) is 16.9. The molecule has 1 aromatic carbocycles. The van der Waals surface area contributed by atoms with Crippen molar-refractivity contribution in [3.63, 3.8) is 0 Å². The van der Waals surface area contributed by atoms with Gasteiger partial charge in [0.15, 0.2) is 0 Å². The van der Waals surface area contributed by atoms with Gasteiger partial charge in [0.1, 0.15) is 0 Å². The Balaban J connectivity index is 3.02. The van der Waals surface area contributed by atoms with Crippen molar-refractivity contribution in [2.45, 2.75) is 33.0 Å². The number of nitrogens with zero attached hydrogens (tertiary/aromatic N) is 1. The van der Waals surface area contributed by atoms with Gasteiger partial charge in [-0.2, -0.15) is 13.2 Å². The first-order chi connectivity index (χ1) is 10.2. The number of hydrogen-bond acceptors (Lipinski definition) is 2. The molecule has 3 nitrogen and oxygen atoms in total. The van der Waals surface area contributed by atoms with Gasteiger partial charge in [-0.1, -0.05) is 19.1 Å². The van der Waals surface area contributed by atoms with Crippen LogP contribution in [0.1, 0.15) is 37.9 Å². The van der Waals surface area contributed by atoms with Crippen molar-refractivity contribution in [2.75, 3.05) is 20.1 Å². The number of carbonyl (C=O) groups excluding carboxylic acids is 1. The fourth-order valence-corrected chi connectivity index (χ4v) is 2.45. The van der Waals surface area contributed by atoms with Crippen LogP contribution in [0.4, 0.5) is 13.2 Å². The summed E-state index contributed by atoms with van der Waals surface area (Å²) in [7, 11) is 1.76. The molecule has 22 heavy (non-hydrogen) atoms. The number of amides is 1. The summed E-state index contributed by atoms with van der Waals surface area (Å²) >= 11 is 0. The van der Waals surface area contributed by atoms with Crippen LogP contribution < -0.4 is 5.32 Å². The molecule has 1 amide bonds. The third kappa shape index (κ3) is 4.47. The standard InChI is InChI=1S/C16H23F3N2O/c1-5-21(15(22)11(2)10-20-4)12(3)13-7-6-8-14(9-13)16(17,18)19/h6-9,11-12,20H,5,10H2,1-4H3. The Morgan fingerprint density at radius 1 is 1.32 bits per heavy atom. The van der Waals surface area contributed by atoms with Crippen molar-refractivity contribution < 1.29 is 18.0 Å². The first kappa shape index (κ1) is 18.5. The van der Waals surface area contributed by atoms with Crippen LogP contribution in [0.3, 0.4) is 0 Å². The molecular formula is C16H23F3N2O. The normalized spacial score (nSPS) is 14.5. The third-order valence-corrected chi connectivity index (χ3v) is 3.72. The summed E-state index contributed by atoms with van der Waals surface area (Å²) in [5.41, 5.74) is -0.203. The highest BCUT2D eigenvalue weighted by Crippen LogP contribution is 2.32. The van der Waals surface area contributed by atoms with Gasteiger partial charge in [0, 0.05) is 19.0 Å². The molecule has 1 N–H and O–H groups in total. The molecule has 0 saturated carbocycles. The lowest BCUT2D eigenvalue weighted by molar-refractivity contribution is -0.137. The minimum Gasteiger partial charge on any atom is -0.336 e. The second-order valence-corrected chi connectivity index (χ2v) is 5.38. The molecule has 0 bridgehead atoms. The molecule has 124 valence electrons. The van der Waals surface area contributed by atoms with E-state index in [1.165, 1.54) is 6.07 Å². The Morgan fingerprint density at radius 2 is 1.95 bits per heavy atom. The quantitative estimate of drug-likeness (QED) is 0.871. The van der Waals surface area contributed by atoms with E-state index in [2.05, 4.69) is 5.32 Å². The van der Waals surface area contributed by atoms with Gasteiger partial charge in [-0.15, -0.1) is 0 Å². The van der Waals surface area contributed by atoms with E-state index in [0.717, 1.165) is 12.1 Å². The number of alkyl halides is 3. The van der Waals surface area contributed by atoms with Gasteiger partial charge in [0.2, 0.25) is 5.91 Å². The van der Waals surface area contributed by atoms with E-state index in [4.69, 9.17) is 0 Å². The molecule has 6 heteroatoms. The Bertz CT molecular complexity index is 502. The van der Waals surface area contributed by atoms with E-state index in [-0.39, 0.29) is 11.8 Å². The van der Waals surface area contributed by atoms with E-state index >= 15 is 0 Å². The second-order valence-electron chi connectivity index (χ2n) is 5.38. The lowest BCUT2D eigenvalue weighted by Gasteiger charge is -2.31. The number of hydrogen-bond donors (Lipinski definition) is 1. The molecule has 0 fully saturated rings. The summed E-state index contributed by atoms with van der Waals surface area (Å²) in [5.74, 6) is -0.292. The van der Waals surface area contributed by atoms with Gasteiger partial charge in [-0.3, -0.25) is 4.79 Å². The van der Waals surface area contributed by atoms with Crippen LogP contribution in [0.5, 0.6) is 0 Å². The maximum atomic E-state index is 12.8. The summed E-state index contributed by atoms with van der Waals surface area (Å²) in [4.78, 5) is 14.0. The second kappa shape index (κ2) is 7.63. The molecule has 0 saturated heterocycles. The van der Waals surface area contributed by atoms with Crippen molar-refractivity contribution in [1.82, 2.24) is 10.2 Å². The Morgan fingerprint density at radius 3 is 2.45 bits per heavy atom. The largest absolute Gasteiger partial charge is 0.416 e. The molecule has 0 aliphatic rings. The molecule has 2 unspecified atom stereocenters. The van der Waals surface area contributed by atoms with Gasteiger partial charge in [0.25, 0.3) is 0 Å². The summed E-state index contributed by atoms with van der Waals surface area (Å²) in [5, 5.41) is 2.94. The fraction of sp³-hybridized carbons (Fsp3) is 0.562. The molecule has 0 aromatic heterocycles. The fourth-order valence-electron chi connectivity index (χ4n) is 2.45. The highest BCUT2D eigenvalue weighted by molar-refractivity contribution is 5.79. The number of rotatable bonds is 6. The van der Waals surface area contributed by atoms with E-state index < -0.39 is 17.8 Å². The van der Waals surface area contributed by atoms with E-state index in [1.54, 1.807) is 31.9 Å². The average Bonchev–Trinajstić information content (AvgIpc) is 2.47. The maximum absolute atomic E-state index is 12.8. The van der Waals surface area contributed by atoms with Crippen LogP contribution in [0.15, 0.2) is 24.3 Å². The smallest absolute Gasteiger partial charge is 0.336 e. The lowest BCUT2D eigenvalue weighted by Crippen LogP contribution is -2.40. The van der Waals surface area contributed by atoms with Crippen molar-refractivity contribution in [3.05, 3.63) is 35.4 Å². The van der Waals surface area contributed by atoms with Crippen LogP contribution in [0, 0.1) is 5.92 Å². The molecule has 0 radical (unpaired) electrons. The predicted molar refractivity (Wildman–Crippen MR) is 80.3 cm³/mol. The first-order valence-corrected chi connectivity index (χ1v) is 7.34. The first-order valence-electron chi connectivity index (χ1n) is 7.34. The Labute approximate surface area is 129 Å². The molecule has 2 atom stereocenters. The number of carbonyl (C=O) groups is 1. The molecule has 0 heterocycles. The van der Waals surface area contributed by atoms with Crippen molar-refractivity contribution in [3.8, 4) is 0 Å². The highest BCUT2D eigenvalue weighted by atomic mass is 19.4. The number of benzene rings is 1. The molecule has 0 aliphatic heterocycles. The van der Waals surface area contributed by atoms with Crippen LogP contribution in [0.25, 0.3) is 0 Å². The summed E-state index contributed by atoms with van der Waals surface area (Å²) in [6.07, 6.45) is -4.38. The third-order valence-electron chi connectivity index (χ3n) is 3.72. The number of halogens is 3. The minimum atomic E-state index is -4.38. The molecule has 0 aliphatic carbocycles. The van der Waals surface area contributed by atoms with E-state index in [1.807, 2.05) is 6.92 Å². The van der Waals surface area contributed by atoms with Crippen LogP contribution in [-0.2, 0) is 11.0 Å². The average molecular weight is 316 g/mol. The lowest BCUT2D eigenvalue weighted by atomic mass is 10.0. The predicted octanol–water partition coefficient (Wildman–Crippen LogP) is 3.47. The van der Waals surface area contributed by atoms with Crippen molar-refractivity contribution in [2.24, 2.45) is 5.92 Å². The van der Waals surface area contributed by atoms with Gasteiger partial charge >= 0.3 is 6.18 Å². The molecule has 1 rings (SSSR count). The highest BCUT2D eigenvalue weighted by Gasteiger charge is 2.31. The monoisotopic (exact) mass is 316 g/mol. The van der Waals surface area contributed by atoms with Crippen LogP contribution >= 0.6 is 0 Å². The molecule has 1 aromatic rings. The molecular weight excluding hydrogens is 293 g/mol. The van der Waals surface area contributed by atoms with E-state index in [0.29, 0.717) is 18.7 Å². The van der Waals surface area contributed by atoms with Gasteiger partial charge in [-0.25, -0.2) is 0 Å². The number of nitrogens with one attached hydrogen (secondary N) is 1. The minimum absolute atomic E-state index is 0.0678. The Kier molecular flexibility index (Phi) is 6.41. The van der Waals surface area contributed by atoms with Gasteiger partial charge in [-0.05, 0) is 38.6 Å². The van der Waals surface area contributed by atoms with Gasteiger partial charge < -0.3 is 10.2 Å². The zero-order valence-corrected chi connectivity index (χ0v) is 13.4. The van der Waals surface area contributed by atoms with E-state index in [9.17, 15) is 18.0 Å². The van der Waals surface area contributed by atoms with Crippen LogP contribution in [-0.4, -0.2) is 30.9 Å².